The van der Waals surface area contributed by atoms with Crippen molar-refractivity contribution in [3.05, 3.63) is 34.3 Å². The maximum absolute atomic E-state index is 14.4. The average Bonchev–Trinajstić information content (AvgIpc) is 3.20. The summed E-state index contributed by atoms with van der Waals surface area (Å²) in [6.45, 7) is 7.84. The van der Waals surface area contributed by atoms with E-state index in [2.05, 4.69) is 16.6 Å². The zero-order valence-electron chi connectivity index (χ0n) is 20.0. The largest absolute Gasteiger partial charge is 0.383 e. The molecular weight excluding hydrogens is 443 g/mol. The van der Waals surface area contributed by atoms with Crippen molar-refractivity contribution in [2.75, 3.05) is 11.5 Å². The van der Waals surface area contributed by atoms with Crippen molar-refractivity contribution >= 4 is 21.7 Å². The van der Waals surface area contributed by atoms with Crippen LogP contribution in [0.2, 0.25) is 0 Å². The fourth-order valence-corrected chi connectivity index (χ4v) is 6.34. The number of imidazole rings is 1. The number of rotatable bonds is 9. The van der Waals surface area contributed by atoms with Gasteiger partial charge in [0.15, 0.2) is 0 Å². The Morgan fingerprint density at radius 3 is 2.70 bits per heavy atom. The Kier molecular flexibility index (Phi) is 7.38. The fraction of sp³-hybridized carbons (Fsp3) is 0.652. The van der Waals surface area contributed by atoms with Crippen molar-refractivity contribution in [1.29, 1.82) is 5.41 Å². The van der Waals surface area contributed by atoms with Gasteiger partial charge in [0.05, 0.1) is 5.75 Å². The molecule has 8 nitrogen and oxygen atoms in total. The van der Waals surface area contributed by atoms with Crippen LogP contribution in [0.5, 0.6) is 0 Å². The molecule has 0 amide bonds. The SMILES string of the molecule is CCC1CC2=C(C=C1Cc1nc(C(=N)N)c(N)n1CCCS(=O)(=O)NC(C)(C)C)C(F)CC2. The Balaban J connectivity index is 1.84. The molecule has 0 saturated heterocycles. The molecule has 1 aromatic rings. The number of amidine groups is 1. The number of nitrogens with one attached hydrogen (secondary N) is 2. The Morgan fingerprint density at radius 2 is 2.09 bits per heavy atom. The third-order valence-electron chi connectivity index (χ3n) is 6.26. The highest BCUT2D eigenvalue weighted by Gasteiger charge is 2.31. The Hall–Kier alpha value is -2.20. The molecule has 2 unspecified atom stereocenters. The van der Waals surface area contributed by atoms with Gasteiger partial charge in [0, 0.05) is 18.5 Å². The van der Waals surface area contributed by atoms with E-state index in [4.69, 9.17) is 16.9 Å². The van der Waals surface area contributed by atoms with E-state index in [-0.39, 0.29) is 23.1 Å². The van der Waals surface area contributed by atoms with Gasteiger partial charge in [-0.3, -0.25) is 5.41 Å². The van der Waals surface area contributed by atoms with Gasteiger partial charge in [-0.1, -0.05) is 24.1 Å². The van der Waals surface area contributed by atoms with Crippen LogP contribution in [0.4, 0.5) is 10.2 Å². The van der Waals surface area contributed by atoms with Gasteiger partial charge in [-0.2, -0.15) is 0 Å². The van der Waals surface area contributed by atoms with Gasteiger partial charge >= 0.3 is 0 Å². The summed E-state index contributed by atoms with van der Waals surface area (Å²) < 4.78 is 43.6. The lowest BCUT2D eigenvalue weighted by molar-refractivity contribution is 0.384. The maximum Gasteiger partial charge on any atom is 0.212 e. The molecule has 10 heteroatoms. The normalized spacial score (nSPS) is 21.3. The average molecular weight is 481 g/mol. The predicted molar refractivity (Wildman–Crippen MR) is 130 cm³/mol. The third-order valence-corrected chi connectivity index (χ3v) is 8.01. The summed E-state index contributed by atoms with van der Waals surface area (Å²) in [6.07, 6.45) is 5.05. The lowest BCUT2D eigenvalue weighted by Crippen LogP contribution is -2.41. The highest BCUT2D eigenvalue weighted by molar-refractivity contribution is 7.89. The van der Waals surface area contributed by atoms with Gasteiger partial charge in [-0.05, 0) is 64.4 Å². The number of nitrogens with zero attached hydrogens (tertiary/aromatic N) is 2. The van der Waals surface area contributed by atoms with Crippen molar-refractivity contribution in [2.45, 2.75) is 84.5 Å². The van der Waals surface area contributed by atoms with Crippen molar-refractivity contribution in [1.82, 2.24) is 14.3 Å². The van der Waals surface area contributed by atoms with Crippen LogP contribution in [-0.4, -0.2) is 41.3 Å². The van der Waals surface area contributed by atoms with E-state index in [1.165, 1.54) is 5.57 Å². The van der Waals surface area contributed by atoms with Crippen molar-refractivity contribution in [3.8, 4) is 0 Å². The van der Waals surface area contributed by atoms with Crippen LogP contribution in [0.25, 0.3) is 0 Å². The highest BCUT2D eigenvalue weighted by atomic mass is 32.2. The summed E-state index contributed by atoms with van der Waals surface area (Å²) in [4.78, 5) is 4.52. The molecule has 6 N–H and O–H groups in total. The molecule has 0 spiro atoms. The Morgan fingerprint density at radius 1 is 1.39 bits per heavy atom. The number of allylic oxidation sites excluding steroid dienone is 4. The molecule has 2 aliphatic rings. The lowest BCUT2D eigenvalue weighted by atomic mass is 9.81. The van der Waals surface area contributed by atoms with Crippen LogP contribution in [-0.2, 0) is 23.0 Å². The topological polar surface area (TPSA) is 140 Å². The first kappa shape index (κ1) is 25.4. The summed E-state index contributed by atoms with van der Waals surface area (Å²) in [5.41, 5.74) is 14.7. The molecule has 33 heavy (non-hydrogen) atoms. The lowest BCUT2D eigenvalue weighted by Gasteiger charge is -2.25. The van der Waals surface area contributed by atoms with E-state index in [1.807, 2.05) is 6.08 Å². The zero-order chi connectivity index (χ0) is 24.6. The Bertz CT molecular complexity index is 1080. The van der Waals surface area contributed by atoms with E-state index in [1.54, 1.807) is 25.3 Å². The molecule has 2 aliphatic carbocycles. The summed E-state index contributed by atoms with van der Waals surface area (Å²) in [6, 6.07) is 0. The van der Waals surface area contributed by atoms with Gasteiger partial charge < -0.3 is 16.0 Å². The number of halogens is 1. The second kappa shape index (κ2) is 9.58. The van der Waals surface area contributed by atoms with Crippen molar-refractivity contribution in [2.24, 2.45) is 11.7 Å². The van der Waals surface area contributed by atoms with Crippen LogP contribution in [0.15, 0.2) is 22.8 Å². The minimum absolute atomic E-state index is 0.0587. The number of nitrogen functional groups attached to an aromatic ring is 2. The molecule has 0 fully saturated rings. The summed E-state index contributed by atoms with van der Waals surface area (Å²) in [5.74, 6) is 0.895. The summed E-state index contributed by atoms with van der Waals surface area (Å²) >= 11 is 0. The molecule has 0 aromatic carbocycles. The van der Waals surface area contributed by atoms with Crippen LogP contribution in [0, 0.1) is 11.3 Å². The molecule has 3 rings (SSSR count). The monoisotopic (exact) mass is 480 g/mol. The molecular formula is C23H37FN6O2S. The van der Waals surface area contributed by atoms with E-state index >= 15 is 0 Å². The van der Waals surface area contributed by atoms with E-state index in [0.29, 0.717) is 37.5 Å². The Labute approximate surface area is 196 Å². The number of aromatic nitrogens is 2. The zero-order valence-corrected chi connectivity index (χ0v) is 20.9. The molecule has 0 aliphatic heterocycles. The predicted octanol–water partition coefficient (Wildman–Crippen LogP) is 3.18. The molecule has 1 heterocycles. The molecule has 1 aromatic heterocycles. The minimum atomic E-state index is -3.45. The third kappa shape index (κ3) is 6.03. The van der Waals surface area contributed by atoms with Crippen LogP contribution in [0.3, 0.4) is 0 Å². The molecule has 184 valence electrons. The van der Waals surface area contributed by atoms with Gasteiger partial charge in [-0.25, -0.2) is 22.5 Å². The maximum atomic E-state index is 14.4. The number of alkyl halides is 1. The first-order valence-corrected chi connectivity index (χ1v) is 13.2. The van der Waals surface area contributed by atoms with Crippen molar-refractivity contribution in [3.63, 3.8) is 0 Å². The quantitative estimate of drug-likeness (QED) is 0.317. The van der Waals surface area contributed by atoms with Crippen LogP contribution in [0.1, 0.15) is 71.3 Å². The van der Waals surface area contributed by atoms with E-state index in [9.17, 15) is 12.8 Å². The fourth-order valence-electron chi connectivity index (χ4n) is 4.79. The number of sulfonamides is 1. The standard InChI is InChI=1S/C23H37FN6O2S/c1-5-14-11-15-7-8-18(24)17(15)12-16(14)13-19-28-20(21(25)26)22(27)30(19)9-6-10-33(31,32)29-23(2,3)4/h12,14,18,29H,5-11,13,27H2,1-4H3,(H3,25,26). The second-order valence-corrected chi connectivity index (χ2v) is 12.0. The number of nitrogens with two attached hydrogens (primary N) is 2. The first-order valence-electron chi connectivity index (χ1n) is 11.6. The van der Waals surface area contributed by atoms with E-state index < -0.39 is 21.7 Å². The van der Waals surface area contributed by atoms with Crippen LogP contribution < -0.4 is 16.2 Å². The molecule has 0 bridgehead atoms. The number of hydrogen-bond donors (Lipinski definition) is 4. The molecule has 0 radical (unpaired) electrons. The van der Waals surface area contributed by atoms with Gasteiger partial charge in [0.1, 0.15) is 29.3 Å². The number of hydrogen-bond acceptors (Lipinski definition) is 5. The minimum Gasteiger partial charge on any atom is -0.383 e. The van der Waals surface area contributed by atoms with E-state index in [0.717, 1.165) is 30.4 Å². The highest BCUT2D eigenvalue weighted by Crippen LogP contribution is 2.42. The first-order chi connectivity index (χ1) is 15.3. The summed E-state index contributed by atoms with van der Waals surface area (Å²) in [5, 5.41) is 7.82. The number of anilines is 1. The van der Waals surface area contributed by atoms with Crippen LogP contribution >= 0.6 is 0 Å². The van der Waals surface area contributed by atoms with Gasteiger partial charge in [0.25, 0.3) is 0 Å². The van der Waals surface area contributed by atoms with Gasteiger partial charge in [-0.15, -0.1) is 0 Å². The molecule has 0 saturated carbocycles. The molecule has 2 atom stereocenters. The smallest absolute Gasteiger partial charge is 0.212 e. The van der Waals surface area contributed by atoms with Crippen molar-refractivity contribution < 1.29 is 12.8 Å². The summed E-state index contributed by atoms with van der Waals surface area (Å²) in [7, 11) is -3.45. The van der Waals surface area contributed by atoms with Gasteiger partial charge in [0.2, 0.25) is 10.0 Å². The second-order valence-electron chi connectivity index (χ2n) is 10.1.